The molecule has 0 fully saturated rings. The molecule has 5 aromatic carbocycles. The van der Waals surface area contributed by atoms with Crippen LogP contribution in [0.4, 0.5) is 0 Å². The Labute approximate surface area is 233 Å². The Morgan fingerprint density at radius 1 is 0.325 bits per heavy atom. The zero-order valence-corrected chi connectivity index (χ0v) is 21.8. The van der Waals surface area contributed by atoms with Gasteiger partial charge in [0.05, 0.1) is 11.4 Å². The van der Waals surface area contributed by atoms with E-state index in [1.165, 1.54) is 55.3 Å². The van der Waals surface area contributed by atoms with E-state index in [9.17, 15) is 0 Å². The summed E-state index contributed by atoms with van der Waals surface area (Å²) in [6.45, 7) is 0. The van der Waals surface area contributed by atoms with E-state index >= 15 is 0 Å². The number of nitrogens with zero attached hydrogens (tertiary/aromatic N) is 2. The van der Waals surface area contributed by atoms with E-state index in [0.29, 0.717) is 0 Å². The van der Waals surface area contributed by atoms with Crippen LogP contribution >= 0.6 is 0 Å². The van der Waals surface area contributed by atoms with Crippen molar-refractivity contribution >= 4 is 10.8 Å². The molecule has 0 radical (unpaired) electrons. The molecule has 2 nitrogen and oxygen atoms in total. The van der Waals surface area contributed by atoms with Crippen molar-refractivity contribution < 1.29 is 0 Å². The highest BCUT2D eigenvalue weighted by Gasteiger charge is 2.23. The molecule has 0 unspecified atom stereocenters. The fourth-order valence-corrected chi connectivity index (χ4v) is 6.03. The third-order valence-corrected chi connectivity index (χ3v) is 7.95. The first-order chi connectivity index (χ1) is 19.8. The first-order valence-corrected chi connectivity index (χ1v) is 13.6. The monoisotopic (exact) mass is 508 g/mol. The van der Waals surface area contributed by atoms with Crippen LogP contribution in [0.2, 0.25) is 0 Å². The molecule has 0 spiro atoms. The Kier molecular flexibility index (Phi) is 5.17. The second-order valence-electron chi connectivity index (χ2n) is 10.2. The molecule has 2 heterocycles. The summed E-state index contributed by atoms with van der Waals surface area (Å²) < 4.78 is 0. The number of aromatic nitrogens is 2. The summed E-state index contributed by atoms with van der Waals surface area (Å²) in [5.41, 5.74) is 14.1. The molecule has 0 N–H and O–H groups in total. The van der Waals surface area contributed by atoms with Gasteiger partial charge in [0.1, 0.15) is 0 Å². The van der Waals surface area contributed by atoms with E-state index in [2.05, 4.69) is 121 Å². The van der Waals surface area contributed by atoms with E-state index in [4.69, 9.17) is 9.97 Å². The van der Waals surface area contributed by atoms with Crippen LogP contribution in [-0.4, -0.2) is 9.97 Å². The lowest BCUT2D eigenvalue weighted by molar-refractivity contribution is 1.33. The van der Waals surface area contributed by atoms with E-state index in [-0.39, 0.29) is 0 Å². The average Bonchev–Trinajstić information content (AvgIpc) is 3.36. The maximum absolute atomic E-state index is 4.79. The van der Waals surface area contributed by atoms with Crippen molar-refractivity contribution in [3.63, 3.8) is 0 Å². The SMILES string of the molecule is c1ccc(-c2ccnc(-c3ccc4c(c3)-c3ccc(-c5cc(-c6ccccc6)ccn5)c5cccc-4c35)c2)cc1. The summed E-state index contributed by atoms with van der Waals surface area (Å²) in [6.07, 6.45) is 3.82. The Morgan fingerprint density at radius 2 is 0.925 bits per heavy atom. The van der Waals surface area contributed by atoms with Crippen molar-refractivity contribution in [2.75, 3.05) is 0 Å². The molecular weight excluding hydrogens is 484 g/mol. The van der Waals surface area contributed by atoms with Gasteiger partial charge in [0.25, 0.3) is 0 Å². The van der Waals surface area contributed by atoms with Gasteiger partial charge >= 0.3 is 0 Å². The average molecular weight is 509 g/mol. The molecule has 1 aliphatic rings. The zero-order chi connectivity index (χ0) is 26.5. The summed E-state index contributed by atoms with van der Waals surface area (Å²) in [7, 11) is 0. The molecule has 0 saturated carbocycles. The second-order valence-corrected chi connectivity index (χ2v) is 10.2. The topological polar surface area (TPSA) is 25.8 Å². The third kappa shape index (κ3) is 3.65. The van der Waals surface area contributed by atoms with Crippen LogP contribution in [0.1, 0.15) is 0 Å². The van der Waals surface area contributed by atoms with E-state index in [0.717, 1.165) is 22.5 Å². The molecule has 1 aliphatic carbocycles. The van der Waals surface area contributed by atoms with Gasteiger partial charge in [-0.2, -0.15) is 0 Å². The zero-order valence-electron chi connectivity index (χ0n) is 21.8. The number of hydrogen-bond acceptors (Lipinski definition) is 2. The summed E-state index contributed by atoms with van der Waals surface area (Å²) in [6, 6.07) is 47.4. The number of benzene rings is 5. The molecule has 2 heteroatoms. The predicted molar refractivity (Wildman–Crippen MR) is 166 cm³/mol. The maximum Gasteiger partial charge on any atom is 0.0714 e. The van der Waals surface area contributed by atoms with Gasteiger partial charge in [0.15, 0.2) is 0 Å². The highest BCUT2D eigenvalue weighted by molar-refractivity contribution is 6.18. The van der Waals surface area contributed by atoms with Crippen molar-refractivity contribution in [3.8, 4) is 67.0 Å². The Hall–Kier alpha value is -5.34. The molecular formula is C38H24N2. The fourth-order valence-electron chi connectivity index (χ4n) is 6.03. The lowest BCUT2D eigenvalue weighted by Gasteiger charge is -2.10. The van der Waals surface area contributed by atoms with Gasteiger partial charge in [0, 0.05) is 23.5 Å². The molecule has 2 aromatic heterocycles. The molecule has 0 atom stereocenters. The Balaban J connectivity index is 1.24. The quantitative estimate of drug-likeness (QED) is 0.236. The van der Waals surface area contributed by atoms with Gasteiger partial charge in [-0.1, -0.05) is 103 Å². The second kappa shape index (κ2) is 9.14. The summed E-state index contributed by atoms with van der Waals surface area (Å²) in [5.74, 6) is 0. The van der Waals surface area contributed by atoms with Crippen LogP contribution in [-0.2, 0) is 0 Å². The molecule has 7 aromatic rings. The van der Waals surface area contributed by atoms with Gasteiger partial charge in [0.2, 0.25) is 0 Å². The van der Waals surface area contributed by atoms with Crippen molar-refractivity contribution in [2.24, 2.45) is 0 Å². The van der Waals surface area contributed by atoms with Gasteiger partial charge in [-0.3, -0.25) is 9.97 Å². The van der Waals surface area contributed by atoms with Crippen LogP contribution in [0.5, 0.6) is 0 Å². The summed E-state index contributed by atoms with van der Waals surface area (Å²) in [4.78, 5) is 9.53. The largest absolute Gasteiger partial charge is 0.256 e. The molecule has 0 aliphatic heterocycles. The highest BCUT2D eigenvalue weighted by Crippen LogP contribution is 2.50. The van der Waals surface area contributed by atoms with E-state index in [1.807, 2.05) is 24.5 Å². The molecule has 0 bridgehead atoms. The van der Waals surface area contributed by atoms with Gasteiger partial charge in [-0.05, 0) is 85.6 Å². The minimum Gasteiger partial charge on any atom is -0.256 e. The number of hydrogen-bond donors (Lipinski definition) is 0. The van der Waals surface area contributed by atoms with Crippen LogP contribution < -0.4 is 0 Å². The number of pyridine rings is 2. The van der Waals surface area contributed by atoms with Gasteiger partial charge < -0.3 is 0 Å². The Morgan fingerprint density at radius 3 is 1.65 bits per heavy atom. The van der Waals surface area contributed by atoms with Gasteiger partial charge in [-0.15, -0.1) is 0 Å². The van der Waals surface area contributed by atoms with Crippen molar-refractivity contribution in [2.45, 2.75) is 0 Å². The minimum absolute atomic E-state index is 0.981. The number of rotatable bonds is 4. The summed E-state index contributed by atoms with van der Waals surface area (Å²) in [5, 5.41) is 2.53. The molecule has 0 amide bonds. The standard InChI is InChI=1S/C38H24N2/c1-3-8-25(9-4-1)27-18-20-39-36(23-27)29-14-15-30-32-12-7-13-33-31(16-17-34(38(32)33)35(30)22-29)37-24-28(19-21-40-37)26-10-5-2-6-11-26/h1-24H. The first kappa shape index (κ1) is 22.6. The number of fused-ring (bicyclic) bond motifs is 3. The van der Waals surface area contributed by atoms with Crippen LogP contribution in [0.15, 0.2) is 146 Å². The minimum atomic E-state index is 0.981. The maximum atomic E-state index is 4.79. The first-order valence-electron chi connectivity index (χ1n) is 13.6. The molecule has 40 heavy (non-hydrogen) atoms. The van der Waals surface area contributed by atoms with Crippen molar-refractivity contribution in [1.29, 1.82) is 0 Å². The van der Waals surface area contributed by atoms with E-state index < -0.39 is 0 Å². The van der Waals surface area contributed by atoms with Crippen LogP contribution in [0, 0.1) is 0 Å². The smallest absolute Gasteiger partial charge is 0.0714 e. The van der Waals surface area contributed by atoms with Gasteiger partial charge in [-0.25, -0.2) is 0 Å². The summed E-state index contributed by atoms with van der Waals surface area (Å²) >= 11 is 0. The Bertz CT molecular complexity index is 2040. The van der Waals surface area contributed by atoms with Crippen LogP contribution in [0.3, 0.4) is 0 Å². The fraction of sp³-hybridized carbons (Fsp3) is 0. The molecule has 8 rings (SSSR count). The third-order valence-electron chi connectivity index (χ3n) is 7.95. The van der Waals surface area contributed by atoms with Crippen LogP contribution in [0.25, 0.3) is 77.8 Å². The highest BCUT2D eigenvalue weighted by atomic mass is 14.7. The lowest BCUT2D eigenvalue weighted by Crippen LogP contribution is -1.88. The molecule has 0 saturated heterocycles. The lowest BCUT2D eigenvalue weighted by atomic mass is 9.95. The van der Waals surface area contributed by atoms with E-state index in [1.54, 1.807) is 0 Å². The normalized spacial score (nSPS) is 11.5. The van der Waals surface area contributed by atoms with Crippen molar-refractivity contribution in [1.82, 2.24) is 9.97 Å². The molecule has 186 valence electrons. The predicted octanol–water partition coefficient (Wildman–Crippen LogP) is 9.95. The van der Waals surface area contributed by atoms with Crippen molar-refractivity contribution in [3.05, 3.63) is 146 Å².